The third-order valence-electron chi connectivity index (χ3n) is 3.07. The Morgan fingerprint density at radius 3 is 2.05 bits per heavy atom. The summed E-state index contributed by atoms with van der Waals surface area (Å²) in [6.45, 7) is 5.36. The topological polar surface area (TPSA) is 49.4 Å². The number of hydrogen-bond acceptors (Lipinski definition) is 3. The van der Waals surface area contributed by atoms with E-state index in [-0.39, 0.29) is 11.8 Å². The fraction of sp³-hybridized carbons (Fsp3) is 0.0667. The number of rotatable bonds is 2. The molecule has 94 valence electrons. The highest BCUT2D eigenvalue weighted by atomic mass is 16.2. The lowest BCUT2D eigenvalue weighted by molar-refractivity contribution is 0.0545. The Bertz CT molecular complexity index is 683. The predicted octanol–water partition coefficient (Wildman–Crippen LogP) is 2.47. The van der Waals surface area contributed by atoms with Crippen LogP contribution in [0.2, 0.25) is 0 Å². The average molecular weight is 252 g/mol. The zero-order valence-corrected chi connectivity index (χ0v) is 10.4. The molecule has 1 N–H and O–H groups in total. The molecule has 0 saturated heterocycles. The first kappa shape index (κ1) is 11.5. The van der Waals surface area contributed by atoms with Gasteiger partial charge in [0.1, 0.15) is 0 Å². The molecule has 2 aromatic carbocycles. The third kappa shape index (κ3) is 1.61. The Balaban J connectivity index is 2.28. The van der Waals surface area contributed by atoms with E-state index in [9.17, 15) is 9.59 Å². The van der Waals surface area contributed by atoms with Gasteiger partial charge in [0.05, 0.1) is 11.1 Å². The maximum Gasteiger partial charge on any atom is 0.280 e. The lowest BCUT2D eigenvalue weighted by atomic mass is 9.95. The second-order valence-corrected chi connectivity index (χ2v) is 4.55. The molecular formula is C15H12N2O2. The van der Waals surface area contributed by atoms with Crippen molar-refractivity contribution in [1.82, 2.24) is 10.4 Å². The van der Waals surface area contributed by atoms with Crippen LogP contribution in [0.25, 0.3) is 10.8 Å². The Morgan fingerprint density at radius 1 is 1.05 bits per heavy atom. The Kier molecular flexibility index (Phi) is 2.38. The van der Waals surface area contributed by atoms with Crippen molar-refractivity contribution in [1.29, 1.82) is 0 Å². The van der Waals surface area contributed by atoms with E-state index in [1.165, 1.54) is 0 Å². The van der Waals surface area contributed by atoms with Gasteiger partial charge in [-0.1, -0.05) is 30.8 Å². The molecule has 0 atom stereocenters. The summed E-state index contributed by atoms with van der Waals surface area (Å²) in [4.78, 5) is 24.7. The van der Waals surface area contributed by atoms with E-state index in [2.05, 4.69) is 12.0 Å². The molecule has 2 amide bonds. The van der Waals surface area contributed by atoms with Gasteiger partial charge >= 0.3 is 0 Å². The highest BCUT2D eigenvalue weighted by Gasteiger charge is 2.32. The Hall–Kier alpha value is -2.62. The second kappa shape index (κ2) is 3.95. The minimum absolute atomic E-state index is 0.350. The van der Waals surface area contributed by atoms with E-state index in [1.807, 2.05) is 24.3 Å². The van der Waals surface area contributed by atoms with Crippen LogP contribution in [0.5, 0.6) is 0 Å². The maximum atomic E-state index is 12.4. The number of nitrogens with one attached hydrogen (secondary N) is 1. The molecule has 0 aliphatic carbocycles. The predicted molar refractivity (Wildman–Crippen MR) is 72.4 cm³/mol. The molecule has 3 rings (SSSR count). The summed E-state index contributed by atoms with van der Waals surface area (Å²) in [5, 5.41) is 2.63. The molecule has 4 heteroatoms. The van der Waals surface area contributed by atoms with Gasteiger partial charge in [-0.15, -0.1) is 0 Å². The highest BCUT2D eigenvalue weighted by molar-refractivity contribution is 6.25. The fourth-order valence-corrected chi connectivity index (χ4v) is 2.32. The minimum Gasteiger partial charge on any atom is -0.293 e. The first-order valence-corrected chi connectivity index (χ1v) is 5.92. The molecule has 19 heavy (non-hydrogen) atoms. The van der Waals surface area contributed by atoms with Gasteiger partial charge in [0, 0.05) is 11.1 Å². The number of carbonyl (C=O) groups excluding carboxylic acids is 2. The van der Waals surface area contributed by atoms with E-state index >= 15 is 0 Å². The Labute approximate surface area is 110 Å². The number of imide groups is 1. The van der Waals surface area contributed by atoms with Gasteiger partial charge in [-0.3, -0.25) is 15.0 Å². The second-order valence-electron chi connectivity index (χ2n) is 4.55. The number of hydrogen-bond donors (Lipinski definition) is 1. The van der Waals surface area contributed by atoms with E-state index in [1.54, 1.807) is 19.1 Å². The smallest absolute Gasteiger partial charge is 0.280 e. The number of benzene rings is 2. The van der Waals surface area contributed by atoms with Crippen molar-refractivity contribution in [2.75, 3.05) is 0 Å². The van der Waals surface area contributed by atoms with E-state index in [0.29, 0.717) is 16.8 Å². The third-order valence-corrected chi connectivity index (χ3v) is 3.07. The SMILES string of the molecule is C=C(C)NN1C(=O)c2cccc3cccc(c23)C1=O. The monoisotopic (exact) mass is 252 g/mol. The molecule has 1 aliphatic rings. The van der Waals surface area contributed by atoms with Crippen molar-refractivity contribution in [3.05, 3.63) is 59.8 Å². The van der Waals surface area contributed by atoms with Crippen LogP contribution < -0.4 is 5.43 Å². The zero-order valence-electron chi connectivity index (χ0n) is 10.4. The van der Waals surface area contributed by atoms with E-state index in [0.717, 1.165) is 15.8 Å². The summed E-state index contributed by atoms with van der Waals surface area (Å²) in [6.07, 6.45) is 0. The van der Waals surface area contributed by atoms with Crippen LogP contribution in [-0.4, -0.2) is 16.8 Å². The summed E-state index contributed by atoms with van der Waals surface area (Å²) in [5.41, 5.74) is 4.30. The summed E-state index contributed by atoms with van der Waals surface area (Å²) in [7, 11) is 0. The van der Waals surface area contributed by atoms with Crippen molar-refractivity contribution in [3.8, 4) is 0 Å². The van der Waals surface area contributed by atoms with Gasteiger partial charge < -0.3 is 0 Å². The molecule has 2 aromatic rings. The Morgan fingerprint density at radius 2 is 1.58 bits per heavy atom. The molecule has 0 spiro atoms. The van der Waals surface area contributed by atoms with Crippen molar-refractivity contribution >= 4 is 22.6 Å². The molecular weight excluding hydrogens is 240 g/mol. The van der Waals surface area contributed by atoms with E-state index in [4.69, 9.17) is 0 Å². The van der Waals surface area contributed by atoms with Crippen LogP contribution in [0, 0.1) is 0 Å². The van der Waals surface area contributed by atoms with Crippen LogP contribution in [0.4, 0.5) is 0 Å². The van der Waals surface area contributed by atoms with Crippen molar-refractivity contribution < 1.29 is 9.59 Å². The molecule has 0 radical (unpaired) electrons. The molecule has 4 nitrogen and oxygen atoms in total. The number of hydrazine groups is 1. The summed E-state index contributed by atoms with van der Waals surface area (Å²) < 4.78 is 0. The molecule has 0 unspecified atom stereocenters. The highest BCUT2D eigenvalue weighted by Crippen LogP contribution is 2.29. The summed E-state index contributed by atoms with van der Waals surface area (Å²) in [6, 6.07) is 10.9. The van der Waals surface area contributed by atoms with Crippen LogP contribution in [0.1, 0.15) is 27.6 Å². The molecule has 0 aromatic heterocycles. The van der Waals surface area contributed by atoms with Crippen molar-refractivity contribution in [2.24, 2.45) is 0 Å². The fourth-order valence-electron chi connectivity index (χ4n) is 2.32. The zero-order chi connectivity index (χ0) is 13.6. The molecule has 0 bridgehead atoms. The number of carbonyl (C=O) groups is 2. The molecule has 1 heterocycles. The van der Waals surface area contributed by atoms with Gasteiger partial charge in [-0.2, -0.15) is 5.01 Å². The van der Waals surface area contributed by atoms with E-state index < -0.39 is 0 Å². The van der Waals surface area contributed by atoms with Gasteiger partial charge in [0.2, 0.25) is 0 Å². The first-order valence-electron chi connectivity index (χ1n) is 5.92. The quantitative estimate of drug-likeness (QED) is 0.835. The largest absolute Gasteiger partial charge is 0.293 e. The molecule has 1 aliphatic heterocycles. The van der Waals surface area contributed by atoms with Gasteiger partial charge in [0.15, 0.2) is 0 Å². The number of allylic oxidation sites excluding steroid dienone is 1. The van der Waals surface area contributed by atoms with Crippen LogP contribution in [0.15, 0.2) is 48.7 Å². The van der Waals surface area contributed by atoms with Crippen LogP contribution in [0.3, 0.4) is 0 Å². The van der Waals surface area contributed by atoms with Crippen LogP contribution >= 0.6 is 0 Å². The van der Waals surface area contributed by atoms with Gasteiger partial charge in [-0.05, 0) is 24.4 Å². The number of amides is 2. The van der Waals surface area contributed by atoms with Crippen molar-refractivity contribution in [3.63, 3.8) is 0 Å². The lowest BCUT2D eigenvalue weighted by Crippen LogP contribution is -2.48. The standard InChI is InChI=1S/C15H12N2O2/c1-9(2)16-17-14(18)11-7-3-5-10-6-4-8-12(13(10)11)15(17)19/h3-8,16H,1H2,2H3. The van der Waals surface area contributed by atoms with Gasteiger partial charge in [-0.25, -0.2) is 0 Å². The van der Waals surface area contributed by atoms with Gasteiger partial charge in [0.25, 0.3) is 11.8 Å². The summed E-state index contributed by atoms with van der Waals surface area (Å²) >= 11 is 0. The normalized spacial score (nSPS) is 13.8. The minimum atomic E-state index is -0.350. The maximum absolute atomic E-state index is 12.4. The van der Waals surface area contributed by atoms with Crippen LogP contribution in [-0.2, 0) is 0 Å². The summed E-state index contributed by atoms with van der Waals surface area (Å²) in [5.74, 6) is -0.699. The number of nitrogens with zero attached hydrogens (tertiary/aromatic N) is 1. The lowest BCUT2D eigenvalue weighted by Gasteiger charge is -2.27. The molecule has 0 fully saturated rings. The first-order chi connectivity index (χ1) is 9.09. The average Bonchev–Trinajstić information content (AvgIpc) is 2.40. The van der Waals surface area contributed by atoms with Crippen molar-refractivity contribution in [2.45, 2.75) is 6.92 Å². The molecule has 0 saturated carbocycles.